The average Bonchev–Trinajstić information content (AvgIpc) is 3.74. The van der Waals surface area contributed by atoms with Crippen molar-refractivity contribution in [1.82, 2.24) is 34.1 Å². The summed E-state index contributed by atoms with van der Waals surface area (Å²) in [5.74, 6) is 1.79. The van der Waals surface area contributed by atoms with Crippen molar-refractivity contribution in [3.05, 3.63) is 49.3 Å². The van der Waals surface area contributed by atoms with Gasteiger partial charge in [0.1, 0.15) is 17.7 Å². The summed E-state index contributed by atoms with van der Waals surface area (Å²) in [5, 5.41) is 21.0. The van der Waals surface area contributed by atoms with Gasteiger partial charge in [0.05, 0.1) is 60.1 Å². The molecule has 2 saturated carbocycles. The second-order valence-electron chi connectivity index (χ2n) is 11.8. The lowest BCUT2D eigenvalue weighted by Gasteiger charge is -2.34. The van der Waals surface area contributed by atoms with E-state index in [0.717, 1.165) is 28.2 Å². The van der Waals surface area contributed by atoms with Crippen molar-refractivity contribution in [3.8, 4) is 28.5 Å². The second-order valence-corrected chi connectivity index (χ2v) is 13.9. The number of nitrogens with zero attached hydrogens (tertiary/aromatic N) is 7. The predicted molar refractivity (Wildman–Crippen MR) is 161 cm³/mol. The Bertz CT molecular complexity index is 1750. The van der Waals surface area contributed by atoms with Crippen LogP contribution in [-0.2, 0) is 14.8 Å². The fourth-order valence-electron chi connectivity index (χ4n) is 5.20. The van der Waals surface area contributed by atoms with Crippen molar-refractivity contribution in [3.63, 3.8) is 0 Å². The first kappa shape index (κ1) is 28.6. The van der Waals surface area contributed by atoms with E-state index >= 15 is 0 Å². The minimum absolute atomic E-state index is 0.00261. The number of pyridine rings is 1. The van der Waals surface area contributed by atoms with E-state index in [1.165, 1.54) is 12.4 Å². The quantitative estimate of drug-likeness (QED) is 0.236. The highest BCUT2D eigenvalue weighted by Crippen LogP contribution is 2.34. The fourth-order valence-corrected chi connectivity index (χ4v) is 6.67. The summed E-state index contributed by atoms with van der Waals surface area (Å²) in [6.07, 6.45) is 13.8. The Labute approximate surface area is 254 Å². The van der Waals surface area contributed by atoms with Crippen molar-refractivity contribution in [2.45, 2.75) is 68.4 Å². The highest BCUT2D eigenvalue weighted by molar-refractivity contribution is 7.90. The van der Waals surface area contributed by atoms with Crippen LogP contribution in [0.4, 0.5) is 17.3 Å². The van der Waals surface area contributed by atoms with Gasteiger partial charge < -0.3 is 25.2 Å². The molecule has 0 spiro atoms. The number of aromatic nitrogens is 7. The first-order valence-corrected chi connectivity index (χ1v) is 16.2. The normalized spacial score (nSPS) is 22.3. The molecule has 5 heterocycles. The minimum Gasteiger partial charge on any atom is -0.468 e. The maximum Gasteiger partial charge on any atom is 0.256 e. The first-order valence-electron chi connectivity index (χ1n) is 14.7. The maximum absolute atomic E-state index is 12.6. The van der Waals surface area contributed by atoms with Crippen LogP contribution in [0.2, 0.25) is 0 Å². The molecule has 3 N–H and O–H groups in total. The van der Waals surface area contributed by atoms with E-state index in [1.807, 2.05) is 13.0 Å². The zero-order valence-corrected chi connectivity index (χ0v) is 24.9. The molecule has 1 aliphatic heterocycles. The molecule has 230 valence electrons. The second kappa shape index (κ2) is 11.4. The largest absolute Gasteiger partial charge is 0.468 e. The third-order valence-corrected chi connectivity index (χ3v) is 10.1. The molecule has 2 aliphatic carbocycles. The van der Waals surface area contributed by atoms with Crippen LogP contribution in [0.1, 0.15) is 45.4 Å². The standard InChI is InChI=1S/C29H33N9O5S/c1-29(39)7-4-19(5-8-29)35-23-10-26(32-12-22(23)24-13-33-27(14-31-24)43-20-16-42-17-20)36-25-6-9-30-28(37-25)18-11-34-38(15-18)44(40,41)21-2-3-21/h6,9-15,19-21,39H,2-5,7-8,16-17H2,1H3,(H2,30,32,35,36,37). The third kappa shape index (κ3) is 6.21. The Hall–Kier alpha value is -4.21. The Morgan fingerprint density at radius 3 is 2.55 bits per heavy atom. The first-order chi connectivity index (χ1) is 21.2. The number of rotatable bonds is 10. The highest BCUT2D eigenvalue weighted by Gasteiger charge is 2.37. The van der Waals surface area contributed by atoms with Gasteiger partial charge in [-0.15, -0.1) is 0 Å². The third-order valence-electron chi connectivity index (χ3n) is 8.06. The Morgan fingerprint density at radius 2 is 1.84 bits per heavy atom. The van der Waals surface area contributed by atoms with Crippen LogP contribution in [0.15, 0.2) is 49.3 Å². The van der Waals surface area contributed by atoms with Crippen molar-refractivity contribution in [2.75, 3.05) is 23.8 Å². The van der Waals surface area contributed by atoms with Crippen LogP contribution in [0.25, 0.3) is 22.6 Å². The molecule has 4 aromatic rings. The average molecular weight is 620 g/mol. The Kier molecular flexibility index (Phi) is 7.38. The van der Waals surface area contributed by atoms with E-state index in [2.05, 4.69) is 40.7 Å². The molecule has 3 aliphatic rings. The number of anilines is 3. The zero-order valence-electron chi connectivity index (χ0n) is 24.1. The van der Waals surface area contributed by atoms with Gasteiger partial charge in [0.2, 0.25) is 5.88 Å². The highest BCUT2D eigenvalue weighted by atomic mass is 32.2. The monoisotopic (exact) mass is 619 g/mol. The summed E-state index contributed by atoms with van der Waals surface area (Å²) < 4.78 is 37.0. The van der Waals surface area contributed by atoms with Gasteiger partial charge in [-0.2, -0.15) is 9.19 Å². The smallest absolute Gasteiger partial charge is 0.256 e. The number of ether oxygens (including phenoxy) is 2. The van der Waals surface area contributed by atoms with Crippen molar-refractivity contribution in [2.24, 2.45) is 0 Å². The van der Waals surface area contributed by atoms with E-state index in [1.54, 1.807) is 30.9 Å². The van der Waals surface area contributed by atoms with Crippen LogP contribution >= 0.6 is 0 Å². The molecule has 0 amide bonds. The summed E-state index contributed by atoms with van der Waals surface area (Å²) >= 11 is 0. The molecular formula is C29H33N9O5S. The van der Waals surface area contributed by atoms with Gasteiger partial charge in [-0.3, -0.25) is 0 Å². The van der Waals surface area contributed by atoms with Gasteiger partial charge in [-0.25, -0.2) is 33.3 Å². The molecule has 44 heavy (non-hydrogen) atoms. The van der Waals surface area contributed by atoms with Crippen LogP contribution in [-0.4, -0.2) is 83.8 Å². The van der Waals surface area contributed by atoms with Crippen LogP contribution in [0, 0.1) is 0 Å². The van der Waals surface area contributed by atoms with Crippen molar-refractivity contribution >= 4 is 27.3 Å². The molecular weight excluding hydrogens is 586 g/mol. The molecule has 3 fully saturated rings. The van der Waals surface area contributed by atoms with Crippen LogP contribution in [0.3, 0.4) is 0 Å². The molecule has 4 aromatic heterocycles. The van der Waals surface area contributed by atoms with Crippen LogP contribution < -0.4 is 15.4 Å². The summed E-state index contributed by atoms with van der Waals surface area (Å²) in [6, 6.07) is 3.76. The Balaban J connectivity index is 1.13. The van der Waals surface area contributed by atoms with Crippen LogP contribution in [0.5, 0.6) is 5.88 Å². The van der Waals surface area contributed by atoms with Gasteiger partial charge in [0, 0.05) is 35.8 Å². The molecule has 0 atom stereocenters. The van der Waals surface area contributed by atoms with Crippen molar-refractivity contribution < 1.29 is 23.0 Å². The molecule has 0 radical (unpaired) electrons. The van der Waals surface area contributed by atoms with E-state index in [-0.39, 0.29) is 17.4 Å². The lowest BCUT2D eigenvalue weighted by atomic mass is 9.83. The zero-order chi connectivity index (χ0) is 30.3. The molecule has 7 rings (SSSR count). The topological polar surface area (TPSA) is 179 Å². The van der Waals surface area contributed by atoms with Crippen molar-refractivity contribution in [1.29, 1.82) is 0 Å². The van der Waals surface area contributed by atoms with Gasteiger partial charge in [-0.1, -0.05) is 0 Å². The molecule has 0 unspecified atom stereocenters. The van der Waals surface area contributed by atoms with E-state index in [4.69, 9.17) is 9.47 Å². The van der Waals surface area contributed by atoms with Gasteiger partial charge in [0.15, 0.2) is 5.82 Å². The molecule has 14 nitrogen and oxygen atoms in total. The predicted octanol–water partition coefficient (Wildman–Crippen LogP) is 3.16. The number of hydrogen-bond acceptors (Lipinski definition) is 13. The summed E-state index contributed by atoms with van der Waals surface area (Å²) in [4.78, 5) is 22.5. The SMILES string of the molecule is CC1(O)CCC(Nc2cc(Nc3ccnc(-c4cnn(S(=O)(=O)C5CC5)c4)n3)ncc2-c2cnc(OC3COC3)cn2)CC1. The van der Waals surface area contributed by atoms with E-state index in [9.17, 15) is 13.5 Å². The number of hydrogen-bond donors (Lipinski definition) is 3. The van der Waals surface area contributed by atoms with E-state index in [0.29, 0.717) is 73.5 Å². The number of aliphatic hydroxyl groups is 1. The Morgan fingerprint density at radius 1 is 1.02 bits per heavy atom. The minimum atomic E-state index is -3.49. The lowest BCUT2D eigenvalue weighted by molar-refractivity contribution is -0.0814. The van der Waals surface area contributed by atoms with Gasteiger partial charge in [0.25, 0.3) is 10.0 Å². The lowest BCUT2D eigenvalue weighted by Crippen LogP contribution is -2.38. The maximum atomic E-state index is 12.6. The fraction of sp³-hybridized carbons (Fsp3) is 0.448. The summed E-state index contributed by atoms with van der Waals surface area (Å²) in [6.45, 7) is 2.97. The molecule has 15 heteroatoms. The molecule has 0 bridgehead atoms. The van der Waals surface area contributed by atoms with Gasteiger partial charge in [-0.05, 0) is 51.5 Å². The van der Waals surface area contributed by atoms with E-state index < -0.39 is 15.6 Å². The summed E-state index contributed by atoms with van der Waals surface area (Å²) in [7, 11) is -3.49. The molecule has 0 aromatic carbocycles. The van der Waals surface area contributed by atoms with Gasteiger partial charge >= 0.3 is 0 Å². The summed E-state index contributed by atoms with van der Waals surface area (Å²) in [5.41, 5.74) is 2.06. The molecule has 1 saturated heterocycles. The number of nitrogens with one attached hydrogen (secondary N) is 2.